The Morgan fingerprint density at radius 3 is 3.00 bits per heavy atom. The van der Waals surface area contributed by atoms with Crippen LogP contribution < -0.4 is 5.73 Å². The lowest BCUT2D eigenvalue weighted by Crippen LogP contribution is -2.31. The van der Waals surface area contributed by atoms with Gasteiger partial charge in [-0.1, -0.05) is 5.16 Å². The first kappa shape index (κ1) is 13.8. The van der Waals surface area contributed by atoms with E-state index in [0.717, 1.165) is 38.0 Å². The van der Waals surface area contributed by atoms with Gasteiger partial charge in [-0.05, 0) is 44.6 Å². The summed E-state index contributed by atoms with van der Waals surface area (Å²) in [5.74, 6) is 2.15. The maximum Gasteiger partial charge on any atom is 0.243 e. The summed E-state index contributed by atoms with van der Waals surface area (Å²) in [5.41, 5.74) is 5.61. The van der Waals surface area contributed by atoms with E-state index >= 15 is 0 Å². The summed E-state index contributed by atoms with van der Waals surface area (Å²) >= 11 is 1.76. The van der Waals surface area contributed by atoms with E-state index < -0.39 is 5.60 Å². The molecule has 1 aliphatic heterocycles. The van der Waals surface area contributed by atoms with Crippen LogP contribution in [-0.2, 0) is 10.3 Å². The fraction of sp³-hybridized carbons (Fsp3) is 0.833. The molecule has 18 heavy (non-hydrogen) atoms. The maximum atomic E-state index is 6.02. The van der Waals surface area contributed by atoms with Crippen LogP contribution in [-0.4, -0.2) is 28.8 Å². The molecule has 1 aromatic rings. The molecule has 0 saturated carbocycles. The first-order valence-corrected chi connectivity index (χ1v) is 7.77. The molecule has 0 aliphatic carbocycles. The molecule has 1 fully saturated rings. The second-order valence-corrected chi connectivity index (χ2v) is 5.87. The molecule has 6 heteroatoms. The summed E-state index contributed by atoms with van der Waals surface area (Å²) in [6.45, 7) is 2.78. The highest BCUT2D eigenvalue weighted by Gasteiger charge is 2.35. The molecular weight excluding hydrogens is 250 g/mol. The Kier molecular flexibility index (Phi) is 4.64. The SMILES string of the molecule is CSCC[C@@H](N)c1nc(C2(C)CCCCO2)no1. The predicted molar refractivity (Wildman–Crippen MR) is 71.4 cm³/mol. The fourth-order valence-corrected chi connectivity index (χ4v) is 2.57. The van der Waals surface area contributed by atoms with Crippen molar-refractivity contribution in [3.63, 3.8) is 0 Å². The van der Waals surface area contributed by atoms with E-state index in [1.165, 1.54) is 0 Å². The van der Waals surface area contributed by atoms with Gasteiger partial charge in [-0.2, -0.15) is 16.7 Å². The van der Waals surface area contributed by atoms with Crippen LogP contribution >= 0.6 is 11.8 Å². The largest absolute Gasteiger partial charge is 0.367 e. The van der Waals surface area contributed by atoms with Gasteiger partial charge in [0.25, 0.3) is 0 Å². The molecule has 5 nitrogen and oxygen atoms in total. The zero-order valence-corrected chi connectivity index (χ0v) is 11.8. The van der Waals surface area contributed by atoms with Gasteiger partial charge in [0.05, 0.1) is 6.04 Å². The first-order valence-electron chi connectivity index (χ1n) is 6.38. The highest BCUT2D eigenvalue weighted by atomic mass is 32.2. The minimum absolute atomic E-state index is 0.175. The van der Waals surface area contributed by atoms with Gasteiger partial charge in [0, 0.05) is 6.61 Å². The molecule has 1 unspecified atom stereocenters. The number of nitrogens with zero attached hydrogens (tertiary/aromatic N) is 2. The molecule has 2 N–H and O–H groups in total. The summed E-state index contributed by atoms with van der Waals surface area (Å²) in [4.78, 5) is 4.42. The van der Waals surface area contributed by atoms with Crippen LogP contribution in [0.5, 0.6) is 0 Å². The van der Waals surface area contributed by atoms with E-state index in [-0.39, 0.29) is 6.04 Å². The number of aromatic nitrogens is 2. The van der Waals surface area contributed by atoms with E-state index in [1.807, 2.05) is 6.92 Å². The fourth-order valence-electron chi connectivity index (χ4n) is 2.08. The third-order valence-corrected chi connectivity index (χ3v) is 3.98. The van der Waals surface area contributed by atoms with Gasteiger partial charge in [-0.25, -0.2) is 0 Å². The molecule has 0 radical (unpaired) electrons. The summed E-state index contributed by atoms with van der Waals surface area (Å²) in [7, 11) is 0. The number of ether oxygens (including phenoxy) is 1. The topological polar surface area (TPSA) is 74.2 Å². The average molecular weight is 271 g/mol. The molecule has 0 amide bonds. The van der Waals surface area contributed by atoms with Crippen LogP contribution in [0.15, 0.2) is 4.52 Å². The van der Waals surface area contributed by atoms with E-state index in [9.17, 15) is 0 Å². The van der Waals surface area contributed by atoms with Gasteiger partial charge in [0.15, 0.2) is 0 Å². The van der Waals surface area contributed by atoms with Crippen molar-refractivity contribution in [2.45, 2.75) is 44.2 Å². The Labute approximate surface area is 112 Å². The van der Waals surface area contributed by atoms with Crippen LogP contribution in [0.4, 0.5) is 0 Å². The van der Waals surface area contributed by atoms with Crippen molar-refractivity contribution in [3.05, 3.63) is 11.7 Å². The zero-order valence-electron chi connectivity index (χ0n) is 11.0. The third-order valence-electron chi connectivity index (χ3n) is 3.33. The van der Waals surface area contributed by atoms with Crippen LogP contribution in [0.25, 0.3) is 0 Å². The van der Waals surface area contributed by atoms with E-state index in [0.29, 0.717) is 11.7 Å². The predicted octanol–water partition coefficient (Wildman–Crippen LogP) is 2.24. The molecule has 0 aromatic carbocycles. The Hall–Kier alpha value is -0.590. The standard InChI is InChI=1S/C12H21N3O2S/c1-12(6-3-4-7-16-12)11-14-10(17-15-11)9(13)5-8-18-2/h9H,3-8,13H2,1-2H3/t9-,12?/m1/s1. The van der Waals surface area contributed by atoms with Crippen LogP contribution in [0.2, 0.25) is 0 Å². The van der Waals surface area contributed by atoms with Crippen molar-refractivity contribution in [2.24, 2.45) is 5.73 Å². The molecular formula is C12H21N3O2S. The lowest BCUT2D eigenvalue weighted by atomic mass is 9.95. The van der Waals surface area contributed by atoms with Crippen LogP contribution in [0.1, 0.15) is 50.4 Å². The molecule has 2 rings (SSSR count). The summed E-state index contributed by atoms with van der Waals surface area (Å²) < 4.78 is 11.1. The quantitative estimate of drug-likeness (QED) is 0.885. The molecule has 2 atom stereocenters. The second-order valence-electron chi connectivity index (χ2n) is 4.88. The van der Waals surface area contributed by atoms with Gasteiger partial charge in [0.1, 0.15) is 5.60 Å². The Balaban J connectivity index is 2.04. The Morgan fingerprint density at radius 2 is 2.33 bits per heavy atom. The minimum atomic E-state index is -0.404. The average Bonchev–Trinajstić information content (AvgIpc) is 2.87. The Bertz CT molecular complexity index is 377. The van der Waals surface area contributed by atoms with Crippen molar-refractivity contribution in [1.82, 2.24) is 10.1 Å². The van der Waals surface area contributed by atoms with Gasteiger partial charge < -0.3 is 15.0 Å². The Morgan fingerprint density at radius 1 is 1.50 bits per heavy atom. The number of nitrogens with two attached hydrogens (primary N) is 1. The van der Waals surface area contributed by atoms with Gasteiger partial charge >= 0.3 is 0 Å². The molecule has 2 heterocycles. The van der Waals surface area contributed by atoms with Crippen molar-refractivity contribution in [2.75, 3.05) is 18.6 Å². The monoisotopic (exact) mass is 271 g/mol. The maximum absolute atomic E-state index is 6.02. The van der Waals surface area contributed by atoms with Crippen molar-refractivity contribution < 1.29 is 9.26 Å². The normalized spacial score (nSPS) is 26.2. The molecule has 0 bridgehead atoms. The molecule has 1 aliphatic rings. The minimum Gasteiger partial charge on any atom is -0.367 e. The molecule has 102 valence electrons. The smallest absolute Gasteiger partial charge is 0.243 e. The number of rotatable bonds is 5. The highest BCUT2D eigenvalue weighted by Crippen LogP contribution is 2.33. The molecule has 1 saturated heterocycles. The van der Waals surface area contributed by atoms with Gasteiger partial charge in [0.2, 0.25) is 11.7 Å². The van der Waals surface area contributed by atoms with Crippen molar-refractivity contribution in [3.8, 4) is 0 Å². The molecule has 1 aromatic heterocycles. The van der Waals surface area contributed by atoms with Crippen molar-refractivity contribution >= 4 is 11.8 Å². The number of hydrogen-bond donors (Lipinski definition) is 1. The highest BCUT2D eigenvalue weighted by molar-refractivity contribution is 7.98. The van der Waals surface area contributed by atoms with Gasteiger partial charge in [-0.3, -0.25) is 0 Å². The lowest BCUT2D eigenvalue weighted by molar-refractivity contribution is -0.0770. The van der Waals surface area contributed by atoms with E-state index in [4.69, 9.17) is 15.0 Å². The summed E-state index contributed by atoms with van der Waals surface area (Å²) in [6, 6.07) is -0.175. The lowest BCUT2D eigenvalue weighted by Gasteiger charge is -2.30. The van der Waals surface area contributed by atoms with Gasteiger partial charge in [-0.15, -0.1) is 0 Å². The second kappa shape index (κ2) is 6.04. The summed E-state index contributed by atoms with van der Waals surface area (Å²) in [5, 5.41) is 4.04. The first-order chi connectivity index (χ1) is 8.65. The van der Waals surface area contributed by atoms with E-state index in [2.05, 4.69) is 16.4 Å². The zero-order chi connectivity index (χ0) is 13.0. The summed E-state index contributed by atoms with van der Waals surface area (Å²) in [6.07, 6.45) is 6.09. The number of thioether (sulfide) groups is 1. The van der Waals surface area contributed by atoms with E-state index in [1.54, 1.807) is 11.8 Å². The van der Waals surface area contributed by atoms with Crippen LogP contribution in [0, 0.1) is 0 Å². The van der Waals surface area contributed by atoms with Crippen molar-refractivity contribution in [1.29, 1.82) is 0 Å². The number of hydrogen-bond acceptors (Lipinski definition) is 6. The van der Waals surface area contributed by atoms with Crippen LogP contribution in [0.3, 0.4) is 0 Å². The molecule has 0 spiro atoms. The third kappa shape index (κ3) is 3.05.